The molecule has 0 bridgehead atoms. The Morgan fingerprint density at radius 3 is 2.68 bits per heavy atom. The molecule has 0 amide bonds. The summed E-state index contributed by atoms with van der Waals surface area (Å²) in [5, 5.41) is 3.27. The van der Waals surface area contributed by atoms with Gasteiger partial charge in [-0.25, -0.2) is 13.1 Å². The lowest BCUT2D eigenvalue weighted by molar-refractivity contribution is 0.240. The van der Waals surface area contributed by atoms with Crippen molar-refractivity contribution in [2.45, 2.75) is 18.9 Å². The van der Waals surface area contributed by atoms with Crippen LogP contribution < -0.4 is 10.0 Å². The number of sulfonamides is 1. The molecule has 2 aliphatic rings. The van der Waals surface area contributed by atoms with E-state index in [4.69, 9.17) is 0 Å². The van der Waals surface area contributed by atoms with Crippen molar-refractivity contribution in [3.8, 4) is 0 Å². The highest BCUT2D eigenvalue weighted by molar-refractivity contribution is 7.89. The van der Waals surface area contributed by atoms with Gasteiger partial charge in [0.2, 0.25) is 10.0 Å². The average Bonchev–Trinajstić information content (AvgIpc) is 2.37. The second-order valence-electron chi connectivity index (χ2n) is 5.63. The van der Waals surface area contributed by atoms with Gasteiger partial charge in [-0.3, -0.25) is 4.90 Å². The number of likely N-dealkylation sites (tertiary alicyclic amines) is 1. The minimum Gasteiger partial charge on any atom is -0.314 e. The zero-order valence-electron chi connectivity index (χ0n) is 11.8. The van der Waals surface area contributed by atoms with Crippen LogP contribution in [0.25, 0.3) is 0 Å². The van der Waals surface area contributed by atoms with Gasteiger partial charge < -0.3 is 10.2 Å². The van der Waals surface area contributed by atoms with Gasteiger partial charge in [-0.15, -0.1) is 0 Å². The van der Waals surface area contributed by atoms with Crippen LogP contribution in [-0.4, -0.2) is 82.9 Å². The summed E-state index contributed by atoms with van der Waals surface area (Å²) in [5.74, 6) is 0.215. The van der Waals surface area contributed by atoms with Gasteiger partial charge in [0.05, 0.1) is 5.75 Å². The molecule has 0 aromatic rings. The standard InChI is InChI=1S/C12H26N4O2S/c1-15-6-2-3-12(11-15)14-19(17,18)10-9-16-7-4-13-5-8-16/h12-14H,2-11H2,1H3. The molecule has 0 aromatic heterocycles. The van der Waals surface area contributed by atoms with E-state index in [0.717, 1.165) is 52.1 Å². The lowest BCUT2D eigenvalue weighted by atomic mass is 10.1. The Bertz CT molecular complexity index is 368. The molecule has 0 saturated carbocycles. The number of nitrogens with one attached hydrogen (secondary N) is 2. The smallest absolute Gasteiger partial charge is 0.213 e. The highest BCUT2D eigenvalue weighted by Gasteiger charge is 2.23. The first-order valence-corrected chi connectivity index (χ1v) is 8.82. The molecule has 0 aliphatic carbocycles. The summed E-state index contributed by atoms with van der Waals surface area (Å²) in [5.41, 5.74) is 0. The number of hydrogen-bond acceptors (Lipinski definition) is 5. The Labute approximate surface area is 116 Å². The highest BCUT2D eigenvalue weighted by atomic mass is 32.2. The van der Waals surface area contributed by atoms with Crippen LogP contribution in [0.4, 0.5) is 0 Å². The van der Waals surface area contributed by atoms with E-state index in [1.165, 1.54) is 0 Å². The Morgan fingerprint density at radius 2 is 2.00 bits per heavy atom. The minimum absolute atomic E-state index is 0.0896. The molecule has 2 heterocycles. The van der Waals surface area contributed by atoms with Crippen LogP contribution in [-0.2, 0) is 10.0 Å². The Kier molecular flexibility index (Phi) is 5.58. The van der Waals surface area contributed by atoms with Crippen molar-refractivity contribution < 1.29 is 8.42 Å². The largest absolute Gasteiger partial charge is 0.314 e. The lowest BCUT2D eigenvalue weighted by Gasteiger charge is -2.31. The molecule has 2 fully saturated rings. The third kappa shape index (κ3) is 5.35. The fourth-order valence-corrected chi connectivity index (χ4v) is 4.08. The van der Waals surface area contributed by atoms with Gasteiger partial charge >= 0.3 is 0 Å². The summed E-state index contributed by atoms with van der Waals surface area (Å²) < 4.78 is 27.0. The summed E-state index contributed by atoms with van der Waals surface area (Å²) in [6.45, 7) is 6.34. The first-order chi connectivity index (χ1) is 9.05. The Morgan fingerprint density at radius 1 is 1.26 bits per heavy atom. The van der Waals surface area contributed by atoms with Crippen molar-refractivity contribution in [3.63, 3.8) is 0 Å². The molecular weight excluding hydrogens is 264 g/mol. The highest BCUT2D eigenvalue weighted by Crippen LogP contribution is 2.09. The first kappa shape index (κ1) is 15.2. The van der Waals surface area contributed by atoms with E-state index >= 15 is 0 Å². The second-order valence-corrected chi connectivity index (χ2v) is 7.50. The minimum atomic E-state index is -3.14. The SMILES string of the molecule is CN1CCCC(NS(=O)(=O)CCN2CCNCC2)C1. The zero-order valence-corrected chi connectivity index (χ0v) is 12.6. The van der Waals surface area contributed by atoms with Crippen LogP contribution in [0, 0.1) is 0 Å². The Balaban J connectivity index is 1.74. The van der Waals surface area contributed by atoms with Crippen molar-refractivity contribution >= 4 is 10.0 Å². The predicted octanol–water partition coefficient (Wildman–Crippen LogP) is -1.09. The predicted molar refractivity (Wildman–Crippen MR) is 76.8 cm³/mol. The molecule has 7 heteroatoms. The van der Waals surface area contributed by atoms with Crippen LogP contribution in [0.5, 0.6) is 0 Å². The number of hydrogen-bond donors (Lipinski definition) is 2. The van der Waals surface area contributed by atoms with Gasteiger partial charge in [-0.1, -0.05) is 0 Å². The van der Waals surface area contributed by atoms with Crippen LogP contribution >= 0.6 is 0 Å². The van der Waals surface area contributed by atoms with Crippen molar-refractivity contribution in [2.75, 3.05) is 58.6 Å². The van der Waals surface area contributed by atoms with E-state index in [2.05, 4.69) is 19.8 Å². The van der Waals surface area contributed by atoms with Gasteiger partial charge in [0, 0.05) is 45.3 Å². The molecule has 6 nitrogen and oxygen atoms in total. The summed E-state index contributed by atoms with van der Waals surface area (Å²) in [7, 11) is -1.10. The topological polar surface area (TPSA) is 64.7 Å². The molecule has 2 rings (SSSR count). The molecule has 112 valence electrons. The van der Waals surface area contributed by atoms with Crippen molar-refractivity contribution in [1.29, 1.82) is 0 Å². The van der Waals surface area contributed by atoms with Crippen molar-refractivity contribution in [3.05, 3.63) is 0 Å². The van der Waals surface area contributed by atoms with E-state index < -0.39 is 10.0 Å². The number of likely N-dealkylation sites (N-methyl/N-ethyl adjacent to an activating group) is 1. The maximum atomic E-state index is 12.1. The summed E-state index contributed by atoms with van der Waals surface area (Å²) in [6, 6.07) is 0.0896. The molecule has 2 saturated heterocycles. The van der Waals surface area contributed by atoms with Crippen LogP contribution in [0.2, 0.25) is 0 Å². The molecule has 2 aliphatic heterocycles. The summed E-state index contributed by atoms with van der Waals surface area (Å²) in [4.78, 5) is 4.40. The van der Waals surface area contributed by atoms with Gasteiger partial charge in [-0.2, -0.15) is 0 Å². The van der Waals surface area contributed by atoms with Crippen LogP contribution in [0.1, 0.15) is 12.8 Å². The molecule has 1 unspecified atom stereocenters. The van der Waals surface area contributed by atoms with E-state index in [1.807, 2.05) is 7.05 Å². The van der Waals surface area contributed by atoms with Gasteiger partial charge in [0.15, 0.2) is 0 Å². The van der Waals surface area contributed by atoms with E-state index in [-0.39, 0.29) is 11.8 Å². The van der Waals surface area contributed by atoms with Crippen molar-refractivity contribution in [2.24, 2.45) is 0 Å². The van der Waals surface area contributed by atoms with Crippen LogP contribution in [0.15, 0.2) is 0 Å². The number of piperazine rings is 1. The fraction of sp³-hybridized carbons (Fsp3) is 1.00. The Hall–Kier alpha value is -0.210. The van der Waals surface area contributed by atoms with Gasteiger partial charge in [0.25, 0.3) is 0 Å². The summed E-state index contributed by atoms with van der Waals surface area (Å²) in [6.07, 6.45) is 2.03. The normalized spacial score (nSPS) is 27.5. The fourth-order valence-electron chi connectivity index (χ4n) is 2.76. The van der Waals surface area contributed by atoms with Gasteiger partial charge in [0.1, 0.15) is 0 Å². The summed E-state index contributed by atoms with van der Waals surface area (Å²) >= 11 is 0. The van der Waals surface area contributed by atoms with Gasteiger partial charge in [-0.05, 0) is 26.4 Å². The second kappa shape index (κ2) is 6.99. The molecule has 0 radical (unpaired) electrons. The zero-order chi connectivity index (χ0) is 13.7. The molecule has 19 heavy (non-hydrogen) atoms. The third-order valence-corrected chi connectivity index (χ3v) is 5.27. The van der Waals surface area contributed by atoms with Crippen LogP contribution in [0.3, 0.4) is 0 Å². The maximum absolute atomic E-state index is 12.1. The monoisotopic (exact) mass is 290 g/mol. The first-order valence-electron chi connectivity index (χ1n) is 7.17. The molecule has 0 spiro atoms. The van der Waals surface area contributed by atoms with E-state index in [0.29, 0.717) is 6.54 Å². The quantitative estimate of drug-likeness (QED) is 0.673. The molecule has 2 N–H and O–H groups in total. The average molecular weight is 290 g/mol. The lowest BCUT2D eigenvalue weighted by Crippen LogP contribution is -2.49. The molecular formula is C12H26N4O2S. The molecule has 1 atom stereocenters. The van der Waals surface area contributed by atoms with E-state index in [9.17, 15) is 8.42 Å². The van der Waals surface area contributed by atoms with E-state index in [1.54, 1.807) is 0 Å². The number of nitrogens with zero attached hydrogens (tertiary/aromatic N) is 2. The maximum Gasteiger partial charge on any atom is 0.213 e. The number of piperidine rings is 1. The molecule has 0 aromatic carbocycles. The van der Waals surface area contributed by atoms with Crippen molar-refractivity contribution in [1.82, 2.24) is 19.8 Å². The number of rotatable bonds is 5. The third-order valence-electron chi connectivity index (χ3n) is 3.86.